The van der Waals surface area contributed by atoms with E-state index in [9.17, 15) is 13.2 Å². The molecule has 0 heterocycles. The molecule has 0 saturated carbocycles. The number of rotatable bonds is 5. The van der Waals surface area contributed by atoms with Crippen molar-refractivity contribution in [2.24, 2.45) is 0 Å². The van der Waals surface area contributed by atoms with Gasteiger partial charge in [0.05, 0.1) is 13.7 Å². The minimum absolute atomic E-state index is 0.180. The Labute approximate surface area is 104 Å². The molecule has 2 N–H and O–H groups in total. The smallest absolute Gasteiger partial charge is 0.401 e. The highest BCUT2D eigenvalue weighted by Crippen LogP contribution is 2.24. The molecule has 18 heavy (non-hydrogen) atoms. The Hall–Kier alpha value is -1.43. The second kappa shape index (κ2) is 5.95. The van der Waals surface area contributed by atoms with E-state index < -0.39 is 12.7 Å². The first-order valence-corrected chi connectivity index (χ1v) is 5.57. The highest BCUT2D eigenvalue weighted by atomic mass is 19.4. The van der Waals surface area contributed by atoms with Crippen molar-refractivity contribution >= 4 is 5.69 Å². The third kappa shape index (κ3) is 4.44. The maximum Gasteiger partial charge on any atom is 0.401 e. The normalized spacial score (nSPS) is 11.9. The summed E-state index contributed by atoms with van der Waals surface area (Å²) in [7, 11) is 1.47. The van der Waals surface area contributed by atoms with Crippen LogP contribution in [0.1, 0.15) is 12.5 Å². The summed E-state index contributed by atoms with van der Waals surface area (Å²) < 4.78 is 42.2. The average molecular weight is 262 g/mol. The number of nitrogen functional groups attached to an aromatic ring is 1. The van der Waals surface area contributed by atoms with Crippen molar-refractivity contribution in [3.05, 3.63) is 23.8 Å². The van der Waals surface area contributed by atoms with Crippen LogP contribution in [-0.4, -0.2) is 31.3 Å². The van der Waals surface area contributed by atoms with Crippen LogP contribution in [-0.2, 0) is 6.54 Å². The number of benzene rings is 1. The molecule has 0 bridgehead atoms. The maximum absolute atomic E-state index is 12.3. The van der Waals surface area contributed by atoms with Gasteiger partial charge in [-0.05, 0) is 12.6 Å². The van der Waals surface area contributed by atoms with Crippen LogP contribution in [0.5, 0.6) is 5.75 Å². The minimum atomic E-state index is -4.20. The highest BCUT2D eigenvalue weighted by Gasteiger charge is 2.30. The molecule has 0 aromatic heterocycles. The predicted octanol–water partition coefficient (Wildman–Crippen LogP) is 2.66. The third-order valence-electron chi connectivity index (χ3n) is 2.56. The van der Waals surface area contributed by atoms with Crippen molar-refractivity contribution in [1.82, 2.24) is 4.90 Å². The fourth-order valence-corrected chi connectivity index (χ4v) is 1.67. The first-order chi connectivity index (χ1) is 8.35. The lowest BCUT2D eigenvalue weighted by Crippen LogP contribution is -2.33. The maximum atomic E-state index is 12.3. The van der Waals surface area contributed by atoms with Gasteiger partial charge in [0.15, 0.2) is 0 Å². The Bertz CT molecular complexity index is 393. The molecule has 0 radical (unpaired) electrons. The van der Waals surface area contributed by atoms with Crippen LogP contribution in [0.3, 0.4) is 0 Å². The predicted molar refractivity (Wildman–Crippen MR) is 64.4 cm³/mol. The molecule has 1 rings (SSSR count). The monoisotopic (exact) mass is 262 g/mol. The van der Waals surface area contributed by atoms with Crippen LogP contribution in [0, 0.1) is 0 Å². The molecule has 6 heteroatoms. The molecule has 0 aliphatic heterocycles. The summed E-state index contributed by atoms with van der Waals surface area (Å²) in [5.41, 5.74) is 6.81. The van der Waals surface area contributed by atoms with E-state index >= 15 is 0 Å². The van der Waals surface area contributed by atoms with Crippen LogP contribution in [0.25, 0.3) is 0 Å². The van der Waals surface area contributed by atoms with Crippen molar-refractivity contribution in [2.75, 3.05) is 25.9 Å². The van der Waals surface area contributed by atoms with Gasteiger partial charge in [0.1, 0.15) is 5.75 Å². The Morgan fingerprint density at radius 2 is 2.00 bits per heavy atom. The van der Waals surface area contributed by atoms with Crippen LogP contribution in [0.15, 0.2) is 18.2 Å². The highest BCUT2D eigenvalue weighted by molar-refractivity contribution is 5.48. The van der Waals surface area contributed by atoms with Gasteiger partial charge in [-0.1, -0.05) is 13.0 Å². The number of hydrogen-bond donors (Lipinski definition) is 1. The number of halogens is 3. The van der Waals surface area contributed by atoms with E-state index in [2.05, 4.69) is 0 Å². The van der Waals surface area contributed by atoms with Gasteiger partial charge in [-0.25, -0.2) is 0 Å². The standard InChI is InChI=1S/C12H17F3N2O/c1-3-17(8-12(13,14)15)7-9-4-5-10(16)6-11(9)18-2/h4-6H,3,7-8,16H2,1-2H3. The second-order valence-electron chi connectivity index (χ2n) is 3.99. The zero-order chi connectivity index (χ0) is 13.8. The number of alkyl halides is 3. The fourth-order valence-electron chi connectivity index (χ4n) is 1.67. The first-order valence-electron chi connectivity index (χ1n) is 5.57. The fraction of sp³-hybridized carbons (Fsp3) is 0.500. The van der Waals surface area contributed by atoms with Gasteiger partial charge in [0.25, 0.3) is 0 Å². The van der Waals surface area contributed by atoms with E-state index in [1.807, 2.05) is 0 Å². The van der Waals surface area contributed by atoms with E-state index in [0.717, 1.165) is 0 Å². The lowest BCUT2D eigenvalue weighted by atomic mass is 10.1. The molecule has 1 aromatic carbocycles. The third-order valence-corrected chi connectivity index (χ3v) is 2.56. The van der Waals surface area contributed by atoms with E-state index in [1.165, 1.54) is 12.0 Å². The van der Waals surface area contributed by atoms with Crippen LogP contribution in [0.4, 0.5) is 18.9 Å². The van der Waals surface area contributed by atoms with Crippen molar-refractivity contribution < 1.29 is 17.9 Å². The number of hydrogen-bond acceptors (Lipinski definition) is 3. The first kappa shape index (κ1) is 14.6. The van der Waals surface area contributed by atoms with Crippen molar-refractivity contribution in [2.45, 2.75) is 19.6 Å². The van der Waals surface area contributed by atoms with Crippen LogP contribution in [0.2, 0.25) is 0 Å². The average Bonchev–Trinajstić information content (AvgIpc) is 2.28. The molecular weight excluding hydrogens is 245 g/mol. The zero-order valence-corrected chi connectivity index (χ0v) is 10.4. The van der Waals surface area contributed by atoms with E-state index in [-0.39, 0.29) is 6.54 Å². The Kier molecular flexibility index (Phi) is 4.84. The van der Waals surface area contributed by atoms with Gasteiger partial charge in [0.2, 0.25) is 0 Å². The summed E-state index contributed by atoms with van der Waals surface area (Å²) in [6.07, 6.45) is -4.20. The van der Waals surface area contributed by atoms with E-state index in [0.29, 0.717) is 23.5 Å². The summed E-state index contributed by atoms with van der Waals surface area (Å²) in [5.74, 6) is 0.510. The van der Waals surface area contributed by atoms with E-state index in [4.69, 9.17) is 10.5 Å². The molecule has 0 fully saturated rings. The van der Waals surface area contributed by atoms with Gasteiger partial charge < -0.3 is 10.5 Å². The lowest BCUT2D eigenvalue weighted by Gasteiger charge is -2.23. The Morgan fingerprint density at radius 3 is 2.50 bits per heavy atom. The van der Waals surface area contributed by atoms with Crippen molar-refractivity contribution in [1.29, 1.82) is 0 Å². The Balaban J connectivity index is 2.81. The van der Waals surface area contributed by atoms with Crippen LogP contribution >= 0.6 is 0 Å². The Morgan fingerprint density at radius 1 is 1.33 bits per heavy atom. The van der Waals surface area contributed by atoms with Crippen molar-refractivity contribution in [3.8, 4) is 5.75 Å². The summed E-state index contributed by atoms with van der Waals surface area (Å²) in [6.45, 7) is 1.25. The molecular formula is C12H17F3N2O. The molecule has 0 amide bonds. The molecule has 0 aliphatic carbocycles. The molecule has 0 unspecified atom stereocenters. The number of ether oxygens (including phenoxy) is 1. The summed E-state index contributed by atoms with van der Waals surface area (Å²) in [5, 5.41) is 0. The molecule has 3 nitrogen and oxygen atoms in total. The summed E-state index contributed by atoms with van der Waals surface area (Å²) in [4.78, 5) is 1.30. The second-order valence-corrected chi connectivity index (χ2v) is 3.99. The van der Waals surface area contributed by atoms with E-state index in [1.54, 1.807) is 25.1 Å². The summed E-state index contributed by atoms with van der Waals surface area (Å²) in [6, 6.07) is 4.95. The van der Waals surface area contributed by atoms with Crippen molar-refractivity contribution in [3.63, 3.8) is 0 Å². The molecule has 0 atom stereocenters. The molecule has 0 aliphatic rings. The number of methoxy groups -OCH3 is 1. The molecule has 0 spiro atoms. The number of nitrogens with two attached hydrogens (primary N) is 1. The zero-order valence-electron chi connectivity index (χ0n) is 10.4. The van der Waals surface area contributed by atoms with Gasteiger partial charge >= 0.3 is 6.18 Å². The topological polar surface area (TPSA) is 38.5 Å². The largest absolute Gasteiger partial charge is 0.496 e. The minimum Gasteiger partial charge on any atom is -0.496 e. The molecule has 102 valence electrons. The molecule has 0 saturated heterocycles. The van der Waals surface area contributed by atoms with Gasteiger partial charge in [0, 0.05) is 23.9 Å². The van der Waals surface area contributed by atoms with Gasteiger partial charge in [-0.15, -0.1) is 0 Å². The van der Waals surface area contributed by atoms with Crippen LogP contribution < -0.4 is 10.5 Å². The lowest BCUT2D eigenvalue weighted by molar-refractivity contribution is -0.146. The van der Waals surface area contributed by atoms with Gasteiger partial charge in [-0.3, -0.25) is 4.90 Å². The number of nitrogens with zero attached hydrogens (tertiary/aromatic N) is 1. The number of anilines is 1. The summed E-state index contributed by atoms with van der Waals surface area (Å²) >= 11 is 0. The molecule has 1 aromatic rings. The van der Waals surface area contributed by atoms with Gasteiger partial charge in [-0.2, -0.15) is 13.2 Å². The SMILES string of the molecule is CCN(Cc1ccc(N)cc1OC)CC(F)(F)F. The quantitative estimate of drug-likeness (QED) is 0.829.